The van der Waals surface area contributed by atoms with Crippen LogP contribution in [0.1, 0.15) is 57.1 Å². The molecule has 0 bridgehead atoms. The minimum Gasteiger partial charge on any atom is -0.382 e. The zero-order valence-corrected chi connectivity index (χ0v) is 16.4. The van der Waals surface area contributed by atoms with E-state index in [1.807, 2.05) is 19.1 Å². The molecule has 1 unspecified atom stereocenters. The lowest BCUT2D eigenvalue weighted by Crippen LogP contribution is -2.28. The van der Waals surface area contributed by atoms with Gasteiger partial charge in [0.2, 0.25) is 0 Å². The fourth-order valence-corrected chi connectivity index (χ4v) is 4.26. The van der Waals surface area contributed by atoms with Crippen LogP contribution in [0.4, 0.5) is 5.69 Å². The summed E-state index contributed by atoms with van der Waals surface area (Å²) in [6, 6.07) is 6.62. The van der Waals surface area contributed by atoms with Crippen LogP contribution in [0.25, 0.3) is 5.57 Å². The van der Waals surface area contributed by atoms with Crippen LogP contribution in [0.5, 0.6) is 0 Å². The molecule has 4 heteroatoms. The Labute approximate surface area is 162 Å². The fraction of sp³-hybridized carbons (Fsp3) is 0.478. The van der Waals surface area contributed by atoms with Crippen LogP contribution in [0.15, 0.2) is 35.9 Å². The van der Waals surface area contributed by atoms with Gasteiger partial charge >= 0.3 is 0 Å². The highest BCUT2D eigenvalue weighted by molar-refractivity contribution is 5.99. The maximum absolute atomic E-state index is 12.4. The molecule has 1 atom stereocenters. The molecule has 2 fully saturated rings. The van der Waals surface area contributed by atoms with Crippen molar-refractivity contribution in [3.05, 3.63) is 47.1 Å². The number of carbonyl (C=O) groups is 1. The van der Waals surface area contributed by atoms with Gasteiger partial charge in [0.15, 0.2) is 5.78 Å². The summed E-state index contributed by atoms with van der Waals surface area (Å²) in [7, 11) is 0. The Morgan fingerprint density at radius 3 is 2.67 bits per heavy atom. The number of benzene rings is 1. The van der Waals surface area contributed by atoms with Gasteiger partial charge in [-0.3, -0.25) is 4.79 Å². The molecule has 0 aromatic heterocycles. The smallest absolute Gasteiger partial charge is 0.159 e. The van der Waals surface area contributed by atoms with E-state index < -0.39 is 0 Å². The summed E-state index contributed by atoms with van der Waals surface area (Å²) >= 11 is 0. The van der Waals surface area contributed by atoms with Crippen molar-refractivity contribution in [1.29, 1.82) is 5.41 Å². The van der Waals surface area contributed by atoms with E-state index in [1.54, 1.807) is 0 Å². The number of rotatable bonds is 5. The van der Waals surface area contributed by atoms with Crippen molar-refractivity contribution in [2.75, 3.05) is 18.5 Å². The summed E-state index contributed by atoms with van der Waals surface area (Å²) in [5.74, 6) is 0.452. The summed E-state index contributed by atoms with van der Waals surface area (Å²) < 4.78 is 5.45. The molecule has 0 amide bonds. The second kappa shape index (κ2) is 9.14. The molecule has 1 saturated heterocycles. The molecule has 1 heterocycles. The first kappa shape index (κ1) is 19.6. The first-order valence-electron chi connectivity index (χ1n) is 10.0. The van der Waals surface area contributed by atoms with Crippen LogP contribution in [-0.4, -0.2) is 31.3 Å². The van der Waals surface area contributed by atoms with E-state index in [0.29, 0.717) is 12.5 Å². The van der Waals surface area contributed by atoms with Crippen LogP contribution < -0.4 is 5.32 Å². The van der Waals surface area contributed by atoms with Gasteiger partial charge in [0.25, 0.3) is 0 Å². The maximum Gasteiger partial charge on any atom is 0.159 e. The van der Waals surface area contributed by atoms with E-state index in [4.69, 9.17) is 10.1 Å². The number of ketones is 1. The zero-order chi connectivity index (χ0) is 19.2. The van der Waals surface area contributed by atoms with Crippen molar-refractivity contribution in [3.8, 4) is 0 Å². The van der Waals surface area contributed by atoms with Gasteiger partial charge in [0.1, 0.15) is 0 Å². The van der Waals surface area contributed by atoms with E-state index in [2.05, 4.69) is 30.4 Å². The van der Waals surface area contributed by atoms with Crippen LogP contribution in [0.2, 0.25) is 0 Å². The molecule has 4 nitrogen and oxygen atoms in total. The predicted octanol–water partition coefficient (Wildman–Crippen LogP) is 4.99. The van der Waals surface area contributed by atoms with Gasteiger partial charge in [-0.25, -0.2) is 0 Å². The second-order valence-corrected chi connectivity index (χ2v) is 7.33. The number of hydrogen-bond donors (Lipinski definition) is 2. The van der Waals surface area contributed by atoms with E-state index in [1.165, 1.54) is 11.8 Å². The number of anilines is 1. The average Bonchev–Trinajstić information content (AvgIpc) is 2.70. The highest BCUT2D eigenvalue weighted by Crippen LogP contribution is 2.38. The maximum atomic E-state index is 12.4. The van der Waals surface area contributed by atoms with Crippen molar-refractivity contribution in [1.82, 2.24) is 0 Å². The quantitative estimate of drug-likeness (QED) is 0.570. The molecule has 144 valence electrons. The molecule has 2 N–H and O–H groups in total. The normalized spacial score (nSPS) is 23.5. The number of Topliss-reactive ketones (excluding diaryl/α,β-unsaturated/α-hetero) is 1. The highest BCUT2D eigenvalue weighted by Gasteiger charge is 2.28. The molecular formula is C23H30N2O2. The van der Waals surface area contributed by atoms with Gasteiger partial charge in [-0.05, 0) is 62.3 Å². The third-order valence-electron chi connectivity index (χ3n) is 5.71. The molecule has 0 spiro atoms. The minimum atomic E-state index is 0.169. The van der Waals surface area contributed by atoms with Crippen molar-refractivity contribution in [2.24, 2.45) is 5.92 Å². The Hall–Kier alpha value is -2.20. The molecular weight excluding hydrogens is 336 g/mol. The third-order valence-corrected chi connectivity index (χ3v) is 5.71. The van der Waals surface area contributed by atoms with Gasteiger partial charge in [-0.15, -0.1) is 0 Å². The third kappa shape index (κ3) is 4.38. The van der Waals surface area contributed by atoms with Gasteiger partial charge in [-0.1, -0.05) is 24.3 Å². The van der Waals surface area contributed by atoms with Crippen molar-refractivity contribution in [2.45, 2.75) is 52.0 Å². The number of allylic oxidation sites excluding steroid dienone is 4. The predicted molar refractivity (Wildman–Crippen MR) is 112 cm³/mol. The Kier molecular flexibility index (Phi) is 6.62. The largest absolute Gasteiger partial charge is 0.382 e. The van der Waals surface area contributed by atoms with Crippen molar-refractivity contribution < 1.29 is 9.53 Å². The zero-order valence-electron chi connectivity index (χ0n) is 16.4. The van der Waals surface area contributed by atoms with Crippen molar-refractivity contribution >= 4 is 23.3 Å². The average molecular weight is 367 g/mol. The number of carbonyl (C=O) groups excluding carboxylic acids is 1. The van der Waals surface area contributed by atoms with Crippen LogP contribution in [0.3, 0.4) is 0 Å². The van der Waals surface area contributed by atoms with Gasteiger partial charge in [0, 0.05) is 49.1 Å². The molecule has 1 aromatic rings. The molecule has 1 saturated carbocycles. The number of ether oxygens (including phenoxy) is 1. The number of hydrogen-bond acceptors (Lipinski definition) is 4. The van der Waals surface area contributed by atoms with E-state index in [0.717, 1.165) is 61.3 Å². The molecule has 1 aliphatic heterocycles. The summed E-state index contributed by atoms with van der Waals surface area (Å²) in [4.78, 5) is 12.4. The first-order valence-corrected chi connectivity index (χ1v) is 10.0. The molecule has 3 rings (SSSR count). The molecule has 0 radical (unpaired) electrons. The Morgan fingerprint density at radius 2 is 2.00 bits per heavy atom. The lowest BCUT2D eigenvalue weighted by molar-refractivity contribution is -0.116. The molecule has 27 heavy (non-hydrogen) atoms. The topological polar surface area (TPSA) is 62.2 Å². The minimum absolute atomic E-state index is 0.169. The van der Waals surface area contributed by atoms with Crippen LogP contribution in [-0.2, 0) is 9.53 Å². The van der Waals surface area contributed by atoms with Gasteiger partial charge in [0.05, 0.1) is 0 Å². The van der Waals surface area contributed by atoms with E-state index in [9.17, 15) is 4.79 Å². The standard InChI is InChI=1S/C23H30N2O2/c1-3-19(21-6-5-7-23(26)20(21)4-2)16-8-9-17(15-24)22(14-16)25-18-10-12-27-13-11-18/h3-4,8-9,14-15,18,21,24-25H,5-7,10-13H2,1-2H3/b19-3-,20-4-,24-15?. The monoisotopic (exact) mass is 366 g/mol. The van der Waals surface area contributed by atoms with Crippen molar-refractivity contribution in [3.63, 3.8) is 0 Å². The Morgan fingerprint density at radius 1 is 1.22 bits per heavy atom. The lowest BCUT2D eigenvalue weighted by Gasteiger charge is -2.28. The summed E-state index contributed by atoms with van der Waals surface area (Å²) in [5.41, 5.74) is 5.19. The lowest BCUT2D eigenvalue weighted by atomic mass is 9.76. The van der Waals surface area contributed by atoms with Gasteiger partial charge in [-0.2, -0.15) is 0 Å². The molecule has 2 aliphatic rings. The van der Waals surface area contributed by atoms with E-state index >= 15 is 0 Å². The first-order chi connectivity index (χ1) is 13.2. The second-order valence-electron chi connectivity index (χ2n) is 7.33. The van der Waals surface area contributed by atoms with Crippen LogP contribution >= 0.6 is 0 Å². The Balaban J connectivity index is 1.91. The summed E-state index contributed by atoms with van der Waals surface area (Å²) in [6.45, 7) is 5.59. The summed E-state index contributed by atoms with van der Waals surface area (Å²) in [6.07, 6.45) is 10.1. The molecule has 1 aliphatic carbocycles. The van der Waals surface area contributed by atoms with Gasteiger partial charge < -0.3 is 15.5 Å². The van der Waals surface area contributed by atoms with E-state index in [-0.39, 0.29) is 11.7 Å². The number of nitrogens with one attached hydrogen (secondary N) is 2. The van der Waals surface area contributed by atoms with Crippen LogP contribution in [0, 0.1) is 11.3 Å². The SMILES string of the molecule is C/C=C1\C(=O)CCCC1/C(=C\C)c1ccc(C=N)c(NC2CCOCC2)c1. The Bertz CT molecular complexity index is 758. The molecule has 1 aromatic carbocycles. The highest BCUT2D eigenvalue weighted by atomic mass is 16.5. The fourth-order valence-electron chi connectivity index (χ4n) is 4.26. The summed E-state index contributed by atoms with van der Waals surface area (Å²) in [5, 5.41) is 11.4.